The molecule has 0 fully saturated rings. The molecular weight excluding hydrogens is 396 g/mol. The van der Waals surface area contributed by atoms with Gasteiger partial charge in [-0.2, -0.15) is 0 Å². The second kappa shape index (κ2) is 11.3. The number of hydrogen-bond donors (Lipinski definition) is 1. The first-order valence-electron chi connectivity index (χ1n) is 11.2. The molecule has 4 heteroatoms. The molecule has 0 bridgehead atoms. The van der Waals surface area contributed by atoms with Crippen molar-refractivity contribution in [1.82, 2.24) is 10.2 Å². The largest absolute Gasteiger partial charge is 0.357 e. The van der Waals surface area contributed by atoms with Crippen LogP contribution in [0, 0.1) is 6.92 Å². The number of hydrogen-bond acceptors (Lipinski definition) is 2. The smallest absolute Gasteiger partial charge is 0.242 e. The standard InChI is InChI=1S/C28H32N2O2/c1-4-26(28(32)29-3)30(20-24-18-12-11-13-21(24)2)27(31)19-25(22-14-7-5-8-15-22)23-16-9-6-10-17-23/h5-18,25-26H,4,19-20H2,1-3H3,(H,29,32)/t26-/m0/s1. The van der Waals surface area contributed by atoms with Crippen LogP contribution in [0.2, 0.25) is 0 Å². The van der Waals surface area contributed by atoms with Gasteiger partial charge in [-0.05, 0) is 35.6 Å². The second-order valence-electron chi connectivity index (χ2n) is 8.06. The van der Waals surface area contributed by atoms with Crippen molar-refractivity contribution in [3.8, 4) is 0 Å². The highest BCUT2D eigenvalue weighted by molar-refractivity contribution is 5.88. The lowest BCUT2D eigenvalue weighted by atomic mass is 9.88. The maximum absolute atomic E-state index is 13.8. The zero-order valence-corrected chi connectivity index (χ0v) is 19.1. The molecule has 166 valence electrons. The highest BCUT2D eigenvalue weighted by Crippen LogP contribution is 2.29. The van der Waals surface area contributed by atoms with E-state index in [0.29, 0.717) is 19.4 Å². The molecule has 0 spiro atoms. The number of rotatable bonds is 9. The van der Waals surface area contributed by atoms with Crippen LogP contribution in [0.5, 0.6) is 0 Å². The first kappa shape index (κ1) is 23.3. The average molecular weight is 429 g/mol. The number of nitrogens with one attached hydrogen (secondary N) is 1. The lowest BCUT2D eigenvalue weighted by Gasteiger charge is -2.32. The third-order valence-corrected chi connectivity index (χ3v) is 6.02. The molecule has 0 aromatic heterocycles. The van der Waals surface area contributed by atoms with Gasteiger partial charge in [0.25, 0.3) is 0 Å². The number of amides is 2. The van der Waals surface area contributed by atoms with Crippen LogP contribution in [0.15, 0.2) is 84.9 Å². The number of carbonyl (C=O) groups is 2. The lowest BCUT2D eigenvalue weighted by Crippen LogP contribution is -2.48. The van der Waals surface area contributed by atoms with Crippen LogP contribution in [-0.2, 0) is 16.1 Å². The molecule has 0 radical (unpaired) electrons. The average Bonchev–Trinajstić information content (AvgIpc) is 2.84. The molecule has 0 aliphatic carbocycles. The molecule has 1 atom stereocenters. The monoisotopic (exact) mass is 428 g/mol. The van der Waals surface area contributed by atoms with Crippen LogP contribution < -0.4 is 5.32 Å². The molecule has 0 saturated carbocycles. The van der Waals surface area contributed by atoms with E-state index in [2.05, 4.69) is 29.6 Å². The third kappa shape index (κ3) is 5.64. The summed E-state index contributed by atoms with van der Waals surface area (Å²) < 4.78 is 0. The van der Waals surface area contributed by atoms with Gasteiger partial charge in [0.2, 0.25) is 11.8 Å². The van der Waals surface area contributed by atoms with Gasteiger partial charge in [-0.3, -0.25) is 9.59 Å². The number of nitrogens with zero attached hydrogens (tertiary/aromatic N) is 1. The summed E-state index contributed by atoms with van der Waals surface area (Å²) in [6.45, 7) is 4.40. The minimum absolute atomic E-state index is 0.0265. The van der Waals surface area contributed by atoms with Crippen molar-refractivity contribution in [2.24, 2.45) is 0 Å². The third-order valence-electron chi connectivity index (χ3n) is 6.02. The summed E-state index contributed by atoms with van der Waals surface area (Å²) in [7, 11) is 1.62. The summed E-state index contributed by atoms with van der Waals surface area (Å²) in [4.78, 5) is 28.2. The van der Waals surface area contributed by atoms with Gasteiger partial charge in [0.1, 0.15) is 6.04 Å². The van der Waals surface area contributed by atoms with Gasteiger partial charge < -0.3 is 10.2 Å². The minimum Gasteiger partial charge on any atom is -0.357 e. The summed E-state index contributed by atoms with van der Waals surface area (Å²) in [5.41, 5.74) is 4.35. The molecule has 3 rings (SSSR count). The van der Waals surface area contributed by atoms with Gasteiger partial charge in [-0.1, -0.05) is 91.9 Å². The summed E-state index contributed by atoms with van der Waals surface area (Å²) in [6, 6.07) is 27.7. The lowest BCUT2D eigenvalue weighted by molar-refractivity contribution is -0.141. The van der Waals surface area contributed by atoms with Crippen LogP contribution >= 0.6 is 0 Å². The van der Waals surface area contributed by atoms with E-state index in [1.807, 2.05) is 74.5 Å². The van der Waals surface area contributed by atoms with Crippen molar-refractivity contribution in [3.63, 3.8) is 0 Å². The van der Waals surface area contributed by atoms with Crippen LogP contribution in [0.25, 0.3) is 0 Å². The molecule has 0 saturated heterocycles. The predicted molar refractivity (Wildman–Crippen MR) is 129 cm³/mol. The van der Waals surface area contributed by atoms with Gasteiger partial charge in [0, 0.05) is 25.9 Å². The van der Waals surface area contributed by atoms with E-state index in [9.17, 15) is 9.59 Å². The van der Waals surface area contributed by atoms with Gasteiger partial charge in [-0.25, -0.2) is 0 Å². The van der Waals surface area contributed by atoms with E-state index in [0.717, 1.165) is 22.3 Å². The van der Waals surface area contributed by atoms with Gasteiger partial charge in [0.15, 0.2) is 0 Å². The number of benzene rings is 3. The summed E-state index contributed by atoms with van der Waals surface area (Å²) in [5, 5.41) is 2.74. The predicted octanol–water partition coefficient (Wildman–Crippen LogP) is 5.07. The number of likely N-dealkylation sites (N-methyl/N-ethyl adjacent to an activating group) is 1. The minimum atomic E-state index is -0.515. The summed E-state index contributed by atoms with van der Waals surface area (Å²) >= 11 is 0. The Kier molecular flexibility index (Phi) is 8.20. The van der Waals surface area contributed by atoms with E-state index in [4.69, 9.17) is 0 Å². The Balaban J connectivity index is 1.96. The van der Waals surface area contributed by atoms with Crippen molar-refractivity contribution in [2.75, 3.05) is 7.05 Å². The molecule has 2 amide bonds. The topological polar surface area (TPSA) is 49.4 Å². The van der Waals surface area contributed by atoms with E-state index in [1.165, 1.54) is 0 Å². The molecule has 1 N–H and O–H groups in total. The van der Waals surface area contributed by atoms with Crippen LogP contribution in [0.1, 0.15) is 47.9 Å². The molecule has 0 heterocycles. The highest BCUT2D eigenvalue weighted by Gasteiger charge is 2.30. The molecule has 3 aromatic rings. The normalized spacial score (nSPS) is 11.8. The van der Waals surface area contributed by atoms with Gasteiger partial charge in [-0.15, -0.1) is 0 Å². The summed E-state index contributed by atoms with van der Waals surface area (Å²) in [5.74, 6) is -0.238. The molecule has 3 aromatic carbocycles. The van der Waals surface area contributed by atoms with Gasteiger partial charge in [0.05, 0.1) is 0 Å². The SMILES string of the molecule is CC[C@@H](C(=O)NC)N(Cc1ccccc1C)C(=O)CC(c1ccccc1)c1ccccc1. The maximum atomic E-state index is 13.8. The maximum Gasteiger partial charge on any atom is 0.242 e. The quantitative estimate of drug-likeness (QED) is 0.517. The Morgan fingerprint density at radius 1 is 0.844 bits per heavy atom. The zero-order valence-electron chi connectivity index (χ0n) is 19.1. The molecule has 0 aliphatic heterocycles. The van der Waals surface area contributed by atoms with Crippen molar-refractivity contribution in [2.45, 2.75) is 45.2 Å². The molecule has 4 nitrogen and oxygen atoms in total. The van der Waals surface area contributed by atoms with E-state index >= 15 is 0 Å². The van der Waals surface area contributed by atoms with E-state index in [-0.39, 0.29) is 17.7 Å². The Morgan fingerprint density at radius 2 is 1.38 bits per heavy atom. The fourth-order valence-corrected chi connectivity index (χ4v) is 4.15. The molecule has 0 unspecified atom stereocenters. The van der Waals surface area contributed by atoms with Crippen molar-refractivity contribution in [1.29, 1.82) is 0 Å². The van der Waals surface area contributed by atoms with Gasteiger partial charge >= 0.3 is 0 Å². The Bertz CT molecular complexity index is 978. The summed E-state index contributed by atoms with van der Waals surface area (Å²) in [6.07, 6.45) is 0.853. The van der Waals surface area contributed by atoms with E-state index in [1.54, 1.807) is 11.9 Å². The van der Waals surface area contributed by atoms with Crippen molar-refractivity contribution in [3.05, 3.63) is 107 Å². The first-order chi connectivity index (χ1) is 15.5. The highest BCUT2D eigenvalue weighted by atomic mass is 16.2. The first-order valence-corrected chi connectivity index (χ1v) is 11.2. The van der Waals surface area contributed by atoms with E-state index < -0.39 is 6.04 Å². The Labute approximate surface area is 191 Å². The Hall–Kier alpha value is -3.40. The second-order valence-corrected chi connectivity index (χ2v) is 8.06. The fourth-order valence-electron chi connectivity index (χ4n) is 4.15. The zero-order chi connectivity index (χ0) is 22.9. The Morgan fingerprint density at radius 3 is 1.88 bits per heavy atom. The van der Waals surface area contributed by atoms with Crippen LogP contribution in [0.4, 0.5) is 0 Å². The van der Waals surface area contributed by atoms with Crippen molar-refractivity contribution >= 4 is 11.8 Å². The number of aryl methyl sites for hydroxylation is 1. The number of carbonyl (C=O) groups excluding carboxylic acids is 2. The van der Waals surface area contributed by atoms with Crippen LogP contribution in [0.3, 0.4) is 0 Å². The fraction of sp³-hybridized carbons (Fsp3) is 0.286. The molecular formula is C28H32N2O2. The van der Waals surface area contributed by atoms with Crippen LogP contribution in [-0.4, -0.2) is 29.8 Å². The van der Waals surface area contributed by atoms with Crippen molar-refractivity contribution < 1.29 is 9.59 Å². The molecule has 0 aliphatic rings. The molecule has 32 heavy (non-hydrogen) atoms.